The first-order chi connectivity index (χ1) is 13.0. The summed E-state index contributed by atoms with van der Waals surface area (Å²) in [4.78, 5) is 36.5. The van der Waals surface area contributed by atoms with E-state index in [-0.39, 0.29) is 29.7 Å². The highest BCUT2D eigenvalue weighted by molar-refractivity contribution is 9.10. The van der Waals surface area contributed by atoms with Crippen LogP contribution in [0.5, 0.6) is 0 Å². The Morgan fingerprint density at radius 1 is 1.11 bits per heavy atom. The van der Waals surface area contributed by atoms with Gasteiger partial charge in [0.1, 0.15) is 11.3 Å². The zero-order chi connectivity index (χ0) is 19.4. The molecule has 138 valence electrons. The van der Waals surface area contributed by atoms with Gasteiger partial charge < -0.3 is 9.88 Å². The predicted octanol–water partition coefficient (Wildman–Crippen LogP) is 3.52. The van der Waals surface area contributed by atoms with Crippen molar-refractivity contribution in [3.63, 3.8) is 0 Å². The van der Waals surface area contributed by atoms with Crippen molar-refractivity contribution in [2.45, 2.75) is 19.9 Å². The molecule has 3 aromatic rings. The zero-order valence-electron chi connectivity index (χ0n) is 14.9. The number of carbonyl (C=O) groups excluding carboxylic acids is 2. The summed E-state index contributed by atoms with van der Waals surface area (Å²) in [6.07, 6.45) is 1.83. The quantitative estimate of drug-likeness (QED) is 0.655. The highest BCUT2D eigenvalue weighted by atomic mass is 79.9. The molecule has 1 heterocycles. The van der Waals surface area contributed by atoms with Gasteiger partial charge in [-0.3, -0.25) is 14.4 Å². The summed E-state index contributed by atoms with van der Waals surface area (Å²) in [5.74, 6) is -0.482. The van der Waals surface area contributed by atoms with Crippen LogP contribution in [0.2, 0.25) is 0 Å². The monoisotopic (exact) mass is 426 g/mol. The maximum atomic E-state index is 12.9. The van der Waals surface area contributed by atoms with Crippen molar-refractivity contribution >= 4 is 38.5 Å². The van der Waals surface area contributed by atoms with Crippen LogP contribution in [0.3, 0.4) is 0 Å². The molecule has 6 heteroatoms. The van der Waals surface area contributed by atoms with Crippen molar-refractivity contribution in [2.24, 2.45) is 0 Å². The van der Waals surface area contributed by atoms with Gasteiger partial charge in [0.15, 0.2) is 0 Å². The molecule has 0 radical (unpaired) electrons. The number of nitrogens with one attached hydrogen (secondary N) is 1. The Kier molecular flexibility index (Phi) is 5.86. The van der Waals surface area contributed by atoms with E-state index in [1.165, 1.54) is 6.92 Å². The van der Waals surface area contributed by atoms with Gasteiger partial charge in [0.2, 0.25) is 5.43 Å². The summed E-state index contributed by atoms with van der Waals surface area (Å²) in [6, 6.07) is 15.3. The first-order valence-corrected chi connectivity index (χ1v) is 9.39. The molecular weight excluding hydrogens is 408 g/mol. The molecule has 3 rings (SSSR count). The summed E-state index contributed by atoms with van der Waals surface area (Å²) in [7, 11) is 0. The molecule has 0 spiro atoms. The number of halogens is 1. The van der Waals surface area contributed by atoms with Gasteiger partial charge in [-0.2, -0.15) is 0 Å². The third-order valence-corrected chi connectivity index (χ3v) is 4.74. The van der Waals surface area contributed by atoms with E-state index in [9.17, 15) is 14.4 Å². The fraction of sp³-hybridized carbons (Fsp3) is 0.190. The second-order valence-corrected chi connectivity index (χ2v) is 7.27. The topological polar surface area (TPSA) is 68.2 Å². The lowest BCUT2D eigenvalue weighted by molar-refractivity contribution is -0.116. The molecule has 0 aliphatic rings. The Balaban J connectivity index is 2.05. The Morgan fingerprint density at radius 3 is 2.56 bits per heavy atom. The van der Waals surface area contributed by atoms with Crippen LogP contribution in [-0.4, -0.2) is 22.8 Å². The fourth-order valence-corrected chi connectivity index (χ4v) is 3.25. The van der Waals surface area contributed by atoms with Gasteiger partial charge in [-0.1, -0.05) is 46.3 Å². The number of Topliss-reactive ketones (excluding diaryl/α,β-unsaturated/α-hetero) is 1. The normalized spacial score (nSPS) is 10.7. The van der Waals surface area contributed by atoms with Crippen molar-refractivity contribution in [1.82, 2.24) is 9.88 Å². The molecule has 2 aromatic carbocycles. The number of hydrogen-bond donors (Lipinski definition) is 1. The first-order valence-electron chi connectivity index (χ1n) is 8.60. The fourth-order valence-electron chi connectivity index (χ4n) is 2.89. The van der Waals surface area contributed by atoms with Crippen molar-refractivity contribution in [1.29, 1.82) is 0 Å². The van der Waals surface area contributed by atoms with Crippen LogP contribution < -0.4 is 10.7 Å². The molecule has 0 aliphatic heterocycles. The van der Waals surface area contributed by atoms with Crippen LogP contribution in [0.25, 0.3) is 10.9 Å². The van der Waals surface area contributed by atoms with Crippen LogP contribution in [0.1, 0.15) is 29.3 Å². The average molecular weight is 427 g/mol. The SMILES string of the molecule is CC(=O)CCNC(=O)c1cn(Cc2ccccc2)c2ccc(Br)cc2c1=O. The maximum Gasteiger partial charge on any atom is 0.256 e. The van der Waals surface area contributed by atoms with Crippen LogP contribution in [0.4, 0.5) is 0 Å². The highest BCUT2D eigenvalue weighted by Crippen LogP contribution is 2.19. The largest absolute Gasteiger partial charge is 0.351 e. The molecule has 0 aliphatic carbocycles. The lowest BCUT2D eigenvalue weighted by atomic mass is 10.1. The van der Waals surface area contributed by atoms with Crippen molar-refractivity contribution in [2.75, 3.05) is 6.54 Å². The van der Waals surface area contributed by atoms with E-state index in [1.54, 1.807) is 12.3 Å². The molecule has 0 saturated carbocycles. The first kappa shape index (κ1) is 19.0. The molecule has 0 unspecified atom stereocenters. The summed E-state index contributed by atoms with van der Waals surface area (Å²) < 4.78 is 2.67. The minimum Gasteiger partial charge on any atom is -0.351 e. The lowest BCUT2D eigenvalue weighted by Crippen LogP contribution is -2.31. The summed E-state index contributed by atoms with van der Waals surface area (Å²) in [5, 5.41) is 3.13. The number of amides is 1. The van der Waals surface area contributed by atoms with E-state index in [0.29, 0.717) is 11.9 Å². The summed E-state index contributed by atoms with van der Waals surface area (Å²) in [5.41, 5.74) is 1.57. The number of hydrogen-bond acceptors (Lipinski definition) is 3. The third-order valence-electron chi connectivity index (χ3n) is 4.25. The van der Waals surface area contributed by atoms with Crippen molar-refractivity contribution in [3.8, 4) is 0 Å². The number of benzene rings is 2. The Bertz CT molecular complexity index is 1060. The summed E-state index contributed by atoms with van der Waals surface area (Å²) in [6.45, 7) is 2.21. The minimum absolute atomic E-state index is 0.0146. The Hall–Kier alpha value is -2.73. The average Bonchev–Trinajstić information content (AvgIpc) is 2.64. The molecule has 1 N–H and O–H groups in total. The lowest BCUT2D eigenvalue weighted by Gasteiger charge is -2.14. The molecule has 0 fully saturated rings. The van der Waals surface area contributed by atoms with Gasteiger partial charge in [-0.25, -0.2) is 0 Å². The molecule has 1 aromatic heterocycles. The van der Waals surface area contributed by atoms with E-state index in [0.717, 1.165) is 15.6 Å². The van der Waals surface area contributed by atoms with Crippen LogP contribution >= 0.6 is 15.9 Å². The standard InChI is InChI=1S/C21H19BrN2O3/c1-14(25)9-10-23-21(27)18-13-24(12-15-5-3-2-4-6-15)19-8-7-16(22)11-17(19)20(18)26/h2-8,11,13H,9-10,12H2,1H3,(H,23,27). The van der Waals surface area contributed by atoms with Gasteiger partial charge in [0.25, 0.3) is 5.91 Å². The van der Waals surface area contributed by atoms with Crippen molar-refractivity contribution in [3.05, 3.63) is 80.6 Å². The third kappa shape index (κ3) is 4.52. The van der Waals surface area contributed by atoms with E-state index in [4.69, 9.17) is 0 Å². The number of pyridine rings is 1. The predicted molar refractivity (Wildman–Crippen MR) is 109 cm³/mol. The van der Waals surface area contributed by atoms with Crippen molar-refractivity contribution < 1.29 is 9.59 Å². The number of rotatable bonds is 6. The number of carbonyl (C=O) groups is 2. The Labute approximate surface area is 165 Å². The molecule has 0 saturated heterocycles. The molecule has 27 heavy (non-hydrogen) atoms. The number of fused-ring (bicyclic) bond motifs is 1. The Morgan fingerprint density at radius 2 is 1.85 bits per heavy atom. The zero-order valence-corrected chi connectivity index (χ0v) is 16.5. The molecule has 1 amide bonds. The number of ketones is 1. The second kappa shape index (κ2) is 8.31. The van der Waals surface area contributed by atoms with E-state index >= 15 is 0 Å². The van der Waals surface area contributed by atoms with Crippen LogP contribution in [-0.2, 0) is 11.3 Å². The van der Waals surface area contributed by atoms with E-state index in [2.05, 4.69) is 21.2 Å². The van der Waals surface area contributed by atoms with Crippen LogP contribution in [0.15, 0.2) is 64.0 Å². The highest BCUT2D eigenvalue weighted by Gasteiger charge is 2.16. The van der Waals surface area contributed by atoms with E-state index in [1.807, 2.05) is 47.0 Å². The second-order valence-electron chi connectivity index (χ2n) is 6.35. The van der Waals surface area contributed by atoms with Gasteiger partial charge in [0, 0.05) is 35.6 Å². The molecule has 5 nitrogen and oxygen atoms in total. The van der Waals surface area contributed by atoms with Crippen LogP contribution in [0, 0.1) is 0 Å². The molecule has 0 bridgehead atoms. The smallest absolute Gasteiger partial charge is 0.256 e. The summed E-state index contributed by atoms with van der Waals surface area (Å²) >= 11 is 3.39. The van der Waals surface area contributed by atoms with Gasteiger partial charge >= 0.3 is 0 Å². The number of nitrogens with zero attached hydrogens (tertiary/aromatic N) is 1. The minimum atomic E-state index is -0.468. The number of aromatic nitrogens is 1. The van der Waals surface area contributed by atoms with Gasteiger partial charge in [-0.15, -0.1) is 0 Å². The maximum absolute atomic E-state index is 12.9. The van der Waals surface area contributed by atoms with E-state index < -0.39 is 5.91 Å². The molecule has 0 atom stereocenters. The van der Waals surface area contributed by atoms with Gasteiger partial charge in [0.05, 0.1) is 5.52 Å². The molecular formula is C21H19BrN2O3. The van der Waals surface area contributed by atoms with Gasteiger partial charge in [-0.05, 0) is 30.7 Å².